The largest absolute Gasteiger partial charge is 3.00 e. The molecule has 0 saturated carbocycles. The van der Waals surface area contributed by atoms with E-state index in [1.165, 1.54) is 41.5 Å². The van der Waals surface area contributed by atoms with E-state index in [2.05, 4.69) is 0 Å². The number of Topliss-reactive ketones (excluding diaryl/α,β-unsaturated/α-hetero) is 6. The van der Waals surface area contributed by atoms with Gasteiger partial charge >= 0.3 is 32.7 Å². The minimum atomic E-state index is -0.187. The Hall–Kier alpha value is -1.27. The van der Waals surface area contributed by atoms with Gasteiger partial charge in [0.1, 0.15) is 0 Å². The summed E-state index contributed by atoms with van der Waals surface area (Å²) in [6, 6.07) is 0. The summed E-state index contributed by atoms with van der Waals surface area (Å²) in [6.45, 7) is 8.09. The van der Waals surface area contributed by atoms with Crippen LogP contribution in [0.25, 0.3) is 0 Å². The van der Waals surface area contributed by atoms with E-state index in [9.17, 15) is 28.8 Å². The van der Waals surface area contributed by atoms with E-state index in [0.29, 0.717) is 0 Å². The Bertz CT molecular complexity index is 314. The van der Waals surface area contributed by atoms with Gasteiger partial charge in [0.15, 0.2) is 0 Å². The Morgan fingerprint density at radius 3 is 0.500 bits per heavy atom. The van der Waals surface area contributed by atoms with Gasteiger partial charge in [-0.15, -0.1) is 0 Å². The third kappa shape index (κ3) is 51.1. The van der Waals surface area contributed by atoms with Crippen LogP contribution in [0.5, 0.6) is 0 Å². The molecule has 0 fully saturated rings. The van der Waals surface area contributed by atoms with E-state index in [-0.39, 0.29) is 67.4 Å². The van der Waals surface area contributed by atoms with Crippen molar-refractivity contribution in [2.45, 2.75) is 41.5 Å². The van der Waals surface area contributed by atoms with Crippen LogP contribution in [-0.2, 0) is 61.5 Å². The van der Waals surface area contributed by atoms with Gasteiger partial charge in [0.25, 0.3) is 0 Å². The molecule has 0 rings (SSSR count). The average Bonchev–Trinajstić information content (AvgIpc) is 2.10. The SMILES string of the molecule is CC(=O)[CH-]C(C)=O.CC(=O)[CH-]C(C)=O.CC(=O)[CH-]C(C)=O.[Y+3]. The van der Waals surface area contributed by atoms with E-state index < -0.39 is 0 Å². The summed E-state index contributed by atoms with van der Waals surface area (Å²) >= 11 is 0. The topological polar surface area (TPSA) is 102 Å². The fourth-order valence-corrected chi connectivity index (χ4v) is 0.859. The molecule has 0 N–H and O–H groups in total. The van der Waals surface area contributed by atoms with Crippen molar-refractivity contribution in [1.82, 2.24) is 0 Å². The van der Waals surface area contributed by atoms with Gasteiger partial charge in [0.2, 0.25) is 0 Å². The van der Waals surface area contributed by atoms with Gasteiger partial charge in [-0.25, -0.2) is 0 Å². The number of rotatable bonds is 6. The summed E-state index contributed by atoms with van der Waals surface area (Å²) in [5, 5.41) is 0. The molecular formula is C15H21O6Y. The van der Waals surface area contributed by atoms with Gasteiger partial charge in [-0.3, -0.25) is 19.3 Å². The second kappa shape index (κ2) is 17.8. The smallest absolute Gasteiger partial charge is 0.334 e. The van der Waals surface area contributed by atoms with Gasteiger partial charge in [-0.1, -0.05) is 0 Å². The predicted octanol–water partition coefficient (Wildman–Crippen LogP) is 1.10. The van der Waals surface area contributed by atoms with Crippen LogP contribution in [0, 0.1) is 19.3 Å². The molecule has 120 valence electrons. The predicted molar refractivity (Wildman–Crippen MR) is 77.0 cm³/mol. The Morgan fingerprint density at radius 1 is 0.409 bits per heavy atom. The zero-order valence-corrected chi connectivity index (χ0v) is 16.6. The average molecular weight is 386 g/mol. The number of ketones is 6. The van der Waals surface area contributed by atoms with E-state index >= 15 is 0 Å². The molecule has 0 aliphatic rings. The third-order valence-electron chi connectivity index (χ3n) is 1.22. The van der Waals surface area contributed by atoms with Crippen LogP contribution in [0.2, 0.25) is 0 Å². The van der Waals surface area contributed by atoms with Gasteiger partial charge in [-0.05, 0) is 41.5 Å². The summed E-state index contributed by atoms with van der Waals surface area (Å²) in [6.07, 6.45) is 3.17. The van der Waals surface area contributed by atoms with Gasteiger partial charge in [-0.2, -0.15) is 0 Å². The Labute approximate surface area is 156 Å². The first-order chi connectivity index (χ1) is 9.38. The quantitative estimate of drug-likeness (QED) is 0.501. The summed E-state index contributed by atoms with van der Waals surface area (Å²) in [5.74, 6) is -1.12. The molecule has 0 heterocycles. The molecule has 0 aliphatic carbocycles. The fourth-order valence-electron chi connectivity index (χ4n) is 0.859. The van der Waals surface area contributed by atoms with Crippen molar-refractivity contribution in [3.63, 3.8) is 0 Å². The molecule has 22 heavy (non-hydrogen) atoms. The molecule has 0 radical (unpaired) electrons. The van der Waals surface area contributed by atoms with Gasteiger partial charge < -0.3 is 28.8 Å². The Balaban J connectivity index is -0.000000108. The molecule has 0 saturated heterocycles. The molecule has 0 aromatic rings. The third-order valence-corrected chi connectivity index (χ3v) is 1.22. The standard InChI is InChI=1S/3C5H7O2.Y/c3*1-4(6)3-5(2)7;/h3*3H,1-2H3;/q3*-1;+3. The molecule has 6 nitrogen and oxygen atoms in total. The molecule has 0 bridgehead atoms. The summed E-state index contributed by atoms with van der Waals surface area (Å²) in [7, 11) is 0. The van der Waals surface area contributed by atoms with Crippen molar-refractivity contribution >= 4 is 34.7 Å². The summed E-state index contributed by atoms with van der Waals surface area (Å²) in [4.78, 5) is 59.9. The summed E-state index contributed by atoms with van der Waals surface area (Å²) < 4.78 is 0. The van der Waals surface area contributed by atoms with Crippen LogP contribution in [0.15, 0.2) is 0 Å². The molecular weight excluding hydrogens is 365 g/mol. The molecule has 0 aromatic heterocycles. The van der Waals surface area contributed by atoms with Crippen molar-refractivity contribution in [3.05, 3.63) is 19.3 Å². The van der Waals surface area contributed by atoms with Crippen molar-refractivity contribution in [3.8, 4) is 0 Å². The normalized spacial score (nSPS) is 7.36. The van der Waals surface area contributed by atoms with Crippen molar-refractivity contribution < 1.29 is 61.5 Å². The van der Waals surface area contributed by atoms with E-state index in [0.717, 1.165) is 19.3 Å². The van der Waals surface area contributed by atoms with Crippen molar-refractivity contribution in [2.75, 3.05) is 0 Å². The first-order valence-electron chi connectivity index (χ1n) is 5.96. The molecule has 0 aliphatic heterocycles. The van der Waals surface area contributed by atoms with E-state index in [1.807, 2.05) is 0 Å². The van der Waals surface area contributed by atoms with Gasteiger partial charge in [0, 0.05) is 34.7 Å². The minimum Gasteiger partial charge on any atom is -0.334 e. The molecule has 0 unspecified atom stereocenters. The van der Waals surface area contributed by atoms with Crippen LogP contribution in [0.1, 0.15) is 41.5 Å². The molecule has 0 atom stereocenters. The first-order valence-corrected chi connectivity index (χ1v) is 5.96. The molecule has 0 aromatic carbocycles. The van der Waals surface area contributed by atoms with Crippen LogP contribution in [-0.4, -0.2) is 34.7 Å². The summed E-state index contributed by atoms with van der Waals surface area (Å²) in [5.41, 5.74) is 0. The van der Waals surface area contributed by atoms with Crippen LogP contribution < -0.4 is 0 Å². The molecule has 7 heteroatoms. The van der Waals surface area contributed by atoms with E-state index in [1.54, 1.807) is 0 Å². The first kappa shape index (κ1) is 28.8. The maximum absolute atomic E-state index is 9.98. The zero-order valence-electron chi connectivity index (χ0n) is 13.8. The second-order valence-electron chi connectivity index (χ2n) is 4.10. The molecule has 0 spiro atoms. The Morgan fingerprint density at radius 2 is 0.500 bits per heavy atom. The monoisotopic (exact) mass is 386 g/mol. The fraction of sp³-hybridized carbons (Fsp3) is 0.400. The number of carbonyl (C=O) groups is 6. The van der Waals surface area contributed by atoms with Crippen LogP contribution in [0.4, 0.5) is 0 Å². The van der Waals surface area contributed by atoms with Crippen molar-refractivity contribution in [1.29, 1.82) is 0 Å². The zero-order chi connectivity index (χ0) is 17.6. The Kier molecular flexibility index (Phi) is 23.3. The van der Waals surface area contributed by atoms with Crippen LogP contribution >= 0.6 is 0 Å². The maximum atomic E-state index is 9.98. The molecule has 0 amide bonds. The number of hydrogen-bond donors (Lipinski definition) is 0. The minimum absolute atomic E-state index is 0. The van der Waals surface area contributed by atoms with Crippen molar-refractivity contribution in [2.24, 2.45) is 0 Å². The van der Waals surface area contributed by atoms with E-state index in [4.69, 9.17) is 0 Å². The maximum Gasteiger partial charge on any atom is 3.00 e. The number of carbonyl (C=O) groups excluding carboxylic acids is 6. The number of hydrogen-bond acceptors (Lipinski definition) is 6. The van der Waals surface area contributed by atoms with Crippen LogP contribution in [0.3, 0.4) is 0 Å². The van der Waals surface area contributed by atoms with Gasteiger partial charge in [0.05, 0.1) is 0 Å². The second-order valence-corrected chi connectivity index (χ2v) is 4.10.